The van der Waals surface area contributed by atoms with Crippen LogP contribution in [0, 0.1) is 5.41 Å². The van der Waals surface area contributed by atoms with Crippen LogP contribution < -0.4 is 0 Å². The molecule has 0 fully saturated rings. The SMILES string of the molecule is C=C(C(=O)OC)C(C)(C)C. The summed E-state index contributed by atoms with van der Waals surface area (Å²) in [5.74, 6) is -0.326. The Morgan fingerprint density at radius 2 is 1.80 bits per heavy atom. The minimum absolute atomic E-state index is 0.187. The van der Waals surface area contributed by atoms with E-state index in [-0.39, 0.29) is 11.4 Å². The van der Waals surface area contributed by atoms with Gasteiger partial charge in [-0.25, -0.2) is 4.79 Å². The van der Waals surface area contributed by atoms with Gasteiger partial charge in [-0.3, -0.25) is 0 Å². The van der Waals surface area contributed by atoms with Crippen molar-refractivity contribution in [2.45, 2.75) is 20.8 Å². The summed E-state index contributed by atoms with van der Waals surface area (Å²) in [5, 5.41) is 0. The first-order valence-corrected chi connectivity index (χ1v) is 3.17. The van der Waals surface area contributed by atoms with E-state index in [9.17, 15) is 4.79 Å². The van der Waals surface area contributed by atoms with Crippen molar-refractivity contribution in [3.8, 4) is 0 Å². The standard InChI is InChI=1S/C8H14O2/c1-6(7(9)10-5)8(2,3)4/h1H2,2-5H3. The molecule has 0 N–H and O–H groups in total. The molecular formula is C8H14O2. The molecule has 0 aromatic rings. The second-order valence-electron chi connectivity index (χ2n) is 3.22. The molecule has 0 amide bonds. The second-order valence-corrected chi connectivity index (χ2v) is 3.22. The summed E-state index contributed by atoms with van der Waals surface area (Å²) in [4.78, 5) is 10.8. The van der Waals surface area contributed by atoms with Crippen LogP contribution in [0.2, 0.25) is 0 Å². The van der Waals surface area contributed by atoms with E-state index in [1.807, 2.05) is 20.8 Å². The van der Waals surface area contributed by atoms with Gasteiger partial charge in [-0.05, 0) is 5.41 Å². The van der Waals surface area contributed by atoms with Gasteiger partial charge in [0.1, 0.15) is 0 Å². The van der Waals surface area contributed by atoms with Crippen LogP contribution in [0.5, 0.6) is 0 Å². The number of methoxy groups -OCH3 is 1. The molecule has 0 radical (unpaired) electrons. The lowest BCUT2D eigenvalue weighted by Crippen LogP contribution is -2.17. The van der Waals surface area contributed by atoms with Crippen molar-refractivity contribution in [2.75, 3.05) is 7.11 Å². The lowest BCUT2D eigenvalue weighted by atomic mass is 9.88. The van der Waals surface area contributed by atoms with Gasteiger partial charge in [-0.15, -0.1) is 0 Å². The van der Waals surface area contributed by atoms with E-state index >= 15 is 0 Å². The van der Waals surface area contributed by atoms with Crippen LogP contribution in [0.15, 0.2) is 12.2 Å². The lowest BCUT2D eigenvalue weighted by Gasteiger charge is -2.18. The van der Waals surface area contributed by atoms with E-state index in [1.165, 1.54) is 7.11 Å². The van der Waals surface area contributed by atoms with Crippen LogP contribution >= 0.6 is 0 Å². The predicted octanol–water partition coefficient (Wildman–Crippen LogP) is 1.76. The van der Waals surface area contributed by atoms with Crippen LogP contribution in [0.25, 0.3) is 0 Å². The smallest absolute Gasteiger partial charge is 0.333 e. The lowest BCUT2D eigenvalue weighted by molar-refractivity contribution is -0.137. The Kier molecular flexibility index (Phi) is 2.64. The summed E-state index contributed by atoms with van der Waals surface area (Å²) in [6.07, 6.45) is 0. The third-order valence-corrected chi connectivity index (χ3v) is 1.34. The number of ether oxygens (including phenoxy) is 1. The summed E-state index contributed by atoms with van der Waals surface area (Å²) in [6, 6.07) is 0. The van der Waals surface area contributed by atoms with Crippen LogP contribution in [-0.2, 0) is 9.53 Å². The predicted molar refractivity (Wildman–Crippen MR) is 40.6 cm³/mol. The largest absolute Gasteiger partial charge is 0.466 e. The maximum Gasteiger partial charge on any atom is 0.333 e. The summed E-state index contributed by atoms with van der Waals surface area (Å²) < 4.78 is 4.50. The molecule has 0 saturated heterocycles. The Morgan fingerprint density at radius 3 is 1.90 bits per heavy atom. The summed E-state index contributed by atoms with van der Waals surface area (Å²) in [5.41, 5.74) is 0.322. The van der Waals surface area contributed by atoms with E-state index in [0.717, 1.165) is 0 Å². The van der Waals surface area contributed by atoms with Crippen LogP contribution in [-0.4, -0.2) is 13.1 Å². The van der Waals surface area contributed by atoms with Gasteiger partial charge in [-0.2, -0.15) is 0 Å². The molecule has 0 saturated carbocycles. The summed E-state index contributed by atoms with van der Waals surface area (Å²) >= 11 is 0. The maximum atomic E-state index is 10.8. The Balaban J connectivity index is 4.24. The number of hydrogen-bond acceptors (Lipinski definition) is 2. The molecule has 0 aliphatic heterocycles. The molecule has 0 unspecified atom stereocenters. The molecule has 0 aromatic carbocycles. The van der Waals surface area contributed by atoms with E-state index in [1.54, 1.807) is 0 Å². The van der Waals surface area contributed by atoms with E-state index in [4.69, 9.17) is 0 Å². The van der Waals surface area contributed by atoms with Crippen molar-refractivity contribution in [3.05, 3.63) is 12.2 Å². The first kappa shape index (κ1) is 9.21. The van der Waals surface area contributed by atoms with Crippen molar-refractivity contribution in [1.82, 2.24) is 0 Å². The fourth-order valence-electron chi connectivity index (χ4n) is 0.429. The molecule has 10 heavy (non-hydrogen) atoms. The minimum Gasteiger partial charge on any atom is -0.466 e. The zero-order valence-corrected chi connectivity index (χ0v) is 7.02. The van der Waals surface area contributed by atoms with Crippen molar-refractivity contribution in [2.24, 2.45) is 5.41 Å². The zero-order valence-electron chi connectivity index (χ0n) is 7.02. The van der Waals surface area contributed by atoms with Crippen molar-refractivity contribution < 1.29 is 9.53 Å². The molecule has 0 bridgehead atoms. The summed E-state index contributed by atoms with van der Waals surface area (Å²) in [7, 11) is 1.36. The molecule has 0 aliphatic rings. The van der Waals surface area contributed by atoms with E-state index < -0.39 is 0 Å². The molecule has 0 spiro atoms. The summed E-state index contributed by atoms with van der Waals surface area (Å²) in [6.45, 7) is 9.39. The fraction of sp³-hybridized carbons (Fsp3) is 0.625. The van der Waals surface area contributed by atoms with Gasteiger partial charge in [0.25, 0.3) is 0 Å². The number of esters is 1. The van der Waals surface area contributed by atoms with Gasteiger partial charge >= 0.3 is 5.97 Å². The molecule has 0 aromatic heterocycles. The van der Waals surface area contributed by atoms with Crippen LogP contribution in [0.4, 0.5) is 0 Å². The molecule has 0 atom stereocenters. The Labute approximate surface area is 61.9 Å². The molecule has 2 nitrogen and oxygen atoms in total. The second kappa shape index (κ2) is 2.86. The Hall–Kier alpha value is -0.790. The highest BCUT2D eigenvalue weighted by atomic mass is 16.5. The maximum absolute atomic E-state index is 10.8. The molecule has 0 heterocycles. The van der Waals surface area contributed by atoms with Crippen molar-refractivity contribution in [1.29, 1.82) is 0 Å². The Morgan fingerprint density at radius 1 is 1.40 bits per heavy atom. The van der Waals surface area contributed by atoms with E-state index in [0.29, 0.717) is 5.57 Å². The number of hydrogen-bond donors (Lipinski definition) is 0. The zero-order chi connectivity index (χ0) is 8.36. The number of carbonyl (C=O) groups is 1. The monoisotopic (exact) mass is 142 g/mol. The molecule has 0 rings (SSSR count). The minimum atomic E-state index is -0.326. The average Bonchev–Trinajstić information content (AvgIpc) is 1.83. The topological polar surface area (TPSA) is 26.3 Å². The highest BCUT2D eigenvalue weighted by Gasteiger charge is 2.21. The van der Waals surface area contributed by atoms with Gasteiger partial charge in [0.15, 0.2) is 0 Å². The first-order valence-electron chi connectivity index (χ1n) is 3.17. The molecular weight excluding hydrogens is 128 g/mol. The van der Waals surface area contributed by atoms with Crippen molar-refractivity contribution in [3.63, 3.8) is 0 Å². The van der Waals surface area contributed by atoms with Crippen LogP contribution in [0.1, 0.15) is 20.8 Å². The van der Waals surface area contributed by atoms with Gasteiger partial charge in [0.2, 0.25) is 0 Å². The van der Waals surface area contributed by atoms with Gasteiger partial charge < -0.3 is 4.74 Å². The highest BCUT2D eigenvalue weighted by Crippen LogP contribution is 2.23. The third-order valence-electron chi connectivity index (χ3n) is 1.34. The van der Waals surface area contributed by atoms with Gasteiger partial charge in [-0.1, -0.05) is 27.4 Å². The van der Waals surface area contributed by atoms with Crippen LogP contribution in [0.3, 0.4) is 0 Å². The molecule has 0 aliphatic carbocycles. The van der Waals surface area contributed by atoms with Gasteiger partial charge in [0, 0.05) is 5.57 Å². The van der Waals surface area contributed by atoms with Crippen molar-refractivity contribution >= 4 is 5.97 Å². The third kappa shape index (κ3) is 2.21. The first-order chi connectivity index (χ1) is 4.39. The fourth-order valence-corrected chi connectivity index (χ4v) is 0.429. The highest BCUT2D eigenvalue weighted by molar-refractivity contribution is 5.88. The quantitative estimate of drug-likeness (QED) is 0.412. The Bertz CT molecular complexity index is 151. The normalized spacial score (nSPS) is 10.8. The number of rotatable bonds is 1. The molecule has 2 heteroatoms. The van der Waals surface area contributed by atoms with E-state index in [2.05, 4.69) is 11.3 Å². The van der Waals surface area contributed by atoms with Gasteiger partial charge in [0.05, 0.1) is 7.11 Å². The number of carbonyl (C=O) groups excluding carboxylic acids is 1. The average molecular weight is 142 g/mol. The molecule has 58 valence electrons.